The summed E-state index contributed by atoms with van der Waals surface area (Å²) in [6.07, 6.45) is -12.2. The molecular weight excluding hydrogens is 570 g/mol. The van der Waals surface area contributed by atoms with Crippen LogP contribution in [0.25, 0.3) is 0 Å². The van der Waals surface area contributed by atoms with Crippen molar-refractivity contribution in [1.82, 2.24) is 0 Å². The van der Waals surface area contributed by atoms with Crippen LogP contribution in [-0.2, 0) is 18.9 Å². The number of nitrogens with two attached hydrogens (primary N) is 3. The van der Waals surface area contributed by atoms with Crippen LogP contribution in [0.2, 0.25) is 0 Å². The number of hydrogen-bond donors (Lipinski definition) is 11. The summed E-state index contributed by atoms with van der Waals surface area (Å²) < 4.78 is 24.5. The topological polar surface area (TPSA) is 277 Å². The molecule has 3 saturated heterocycles. The van der Waals surface area contributed by atoms with Crippen LogP contribution in [0.4, 0.5) is 0 Å². The van der Waals surface area contributed by atoms with Crippen LogP contribution in [0.15, 0.2) is 0 Å². The number of aliphatic hydroxyl groups is 8. The van der Waals surface area contributed by atoms with Crippen LogP contribution >= 0.6 is 0 Å². The molecule has 254 valence electrons. The van der Waals surface area contributed by atoms with Gasteiger partial charge < -0.3 is 77.0 Å². The Labute approximate surface area is 252 Å². The zero-order valence-corrected chi connectivity index (χ0v) is 25.6. The van der Waals surface area contributed by atoms with Gasteiger partial charge in [0.15, 0.2) is 6.29 Å². The third kappa shape index (κ3) is 6.38. The van der Waals surface area contributed by atoms with Gasteiger partial charge in [-0.25, -0.2) is 0 Å². The molecule has 15 heteroatoms. The smallest absolute Gasteiger partial charge is 0.173 e. The molecule has 0 aromatic heterocycles. The molecule has 0 amide bonds. The maximum absolute atomic E-state index is 12.0. The van der Waals surface area contributed by atoms with Crippen molar-refractivity contribution < 1.29 is 59.8 Å². The molecule has 43 heavy (non-hydrogen) atoms. The summed E-state index contributed by atoms with van der Waals surface area (Å²) in [4.78, 5) is 0. The molecule has 14 N–H and O–H groups in total. The SMILES string of the molecule is CCC(CC)(OC1C(CO)OC(O)C(N)C1O)C1OC(CO)C(C(CC)(CC)C2OC(CO)C(O)C(O)C2N)C(O)C1N. The molecule has 0 radical (unpaired) electrons. The number of aliphatic hydroxyl groups excluding tert-OH is 8. The molecule has 0 spiro atoms. The van der Waals surface area contributed by atoms with E-state index < -0.39 is 122 Å². The molecule has 3 fully saturated rings. The minimum Gasteiger partial charge on any atom is -0.394 e. The van der Waals surface area contributed by atoms with Crippen LogP contribution in [-0.4, -0.2) is 152 Å². The highest BCUT2D eigenvalue weighted by molar-refractivity contribution is 5.12. The van der Waals surface area contributed by atoms with E-state index in [0.29, 0.717) is 12.8 Å². The monoisotopic (exact) mass is 625 g/mol. The second kappa shape index (κ2) is 14.9. The molecule has 15 atom stereocenters. The van der Waals surface area contributed by atoms with Crippen LogP contribution in [0.3, 0.4) is 0 Å². The van der Waals surface area contributed by atoms with Crippen LogP contribution in [0.1, 0.15) is 53.4 Å². The van der Waals surface area contributed by atoms with Gasteiger partial charge in [-0.3, -0.25) is 0 Å². The summed E-state index contributed by atoms with van der Waals surface area (Å²) in [5.74, 6) is -0.861. The lowest BCUT2D eigenvalue weighted by Gasteiger charge is -2.59. The predicted octanol–water partition coefficient (Wildman–Crippen LogP) is -3.99. The van der Waals surface area contributed by atoms with E-state index in [9.17, 15) is 40.9 Å². The van der Waals surface area contributed by atoms with Crippen LogP contribution in [0, 0.1) is 11.3 Å². The van der Waals surface area contributed by atoms with Crippen molar-refractivity contribution in [2.45, 2.75) is 144 Å². The Morgan fingerprint density at radius 1 is 0.581 bits per heavy atom. The zero-order valence-electron chi connectivity index (χ0n) is 25.6. The fraction of sp³-hybridized carbons (Fsp3) is 1.00. The Morgan fingerprint density at radius 3 is 1.58 bits per heavy atom. The van der Waals surface area contributed by atoms with E-state index in [1.54, 1.807) is 0 Å². The fourth-order valence-electron chi connectivity index (χ4n) is 7.72. The third-order valence-electron chi connectivity index (χ3n) is 10.5. The largest absolute Gasteiger partial charge is 0.394 e. The van der Waals surface area contributed by atoms with E-state index in [4.69, 9.17) is 36.1 Å². The van der Waals surface area contributed by atoms with Crippen molar-refractivity contribution >= 4 is 0 Å². The van der Waals surface area contributed by atoms with Gasteiger partial charge in [-0.1, -0.05) is 27.7 Å². The first-order valence-corrected chi connectivity index (χ1v) is 15.4. The van der Waals surface area contributed by atoms with Crippen LogP contribution in [0.5, 0.6) is 0 Å². The Kier molecular flexibility index (Phi) is 12.8. The first-order valence-electron chi connectivity index (χ1n) is 15.4. The second-order valence-electron chi connectivity index (χ2n) is 12.3. The summed E-state index contributed by atoms with van der Waals surface area (Å²) in [6, 6.07) is -3.40. The lowest BCUT2D eigenvalue weighted by atomic mass is 9.58. The maximum atomic E-state index is 12.0. The van der Waals surface area contributed by atoms with Gasteiger partial charge >= 0.3 is 0 Å². The van der Waals surface area contributed by atoms with E-state index in [2.05, 4.69) is 0 Å². The Morgan fingerprint density at radius 2 is 1.09 bits per heavy atom. The molecule has 3 aliphatic heterocycles. The summed E-state index contributed by atoms with van der Waals surface area (Å²) in [5.41, 5.74) is 16.8. The van der Waals surface area contributed by atoms with Crippen LogP contribution < -0.4 is 17.2 Å². The van der Waals surface area contributed by atoms with E-state index in [1.165, 1.54) is 0 Å². The lowest BCUT2D eigenvalue weighted by molar-refractivity contribution is -0.315. The Bertz CT molecular complexity index is 861. The second-order valence-corrected chi connectivity index (χ2v) is 12.3. The molecule has 15 nitrogen and oxygen atoms in total. The molecule has 0 saturated carbocycles. The first kappa shape index (κ1) is 36.9. The van der Waals surface area contributed by atoms with E-state index in [1.807, 2.05) is 27.7 Å². The van der Waals surface area contributed by atoms with Gasteiger partial charge in [0.2, 0.25) is 0 Å². The van der Waals surface area contributed by atoms with Gasteiger partial charge in [0.25, 0.3) is 0 Å². The number of hydrogen-bond acceptors (Lipinski definition) is 15. The number of rotatable bonds is 12. The fourth-order valence-corrected chi connectivity index (χ4v) is 7.72. The maximum Gasteiger partial charge on any atom is 0.173 e. The summed E-state index contributed by atoms with van der Waals surface area (Å²) in [6.45, 7) is 5.65. The Hall–Kier alpha value is -0.600. The lowest BCUT2D eigenvalue weighted by Crippen LogP contribution is -2.74. The molecule has 3 heterocycles. The standard InChI is InChI=1S/C28H55N3O12/c1-5-27(6-2,24-17(30)21(37)19(35)13(10-33)41-24)15-12(9-32)40-25(16(29)20(15)36)28(7-3,8-4)43-23-14(11-34)42-26(39)18(31)22(23)38/h12-26,32-39H,5-11,29-31H2,1-4H3. The molecular formula is C28H55N3O12. The Balaban J connectivity index is 2.01. The zero-order chi connectivity index (χ0) is 32.4. The molecule has 0 aliphatic carbocycles. The van der Waals surface area contributed by atoms with Crippen molar-refractivity contribution in [2.24, 2.45) is 28.5 Å². The van der Waals surface area contributed by atoms with Crippen molar-refractivity contribution in [2.75, 3.05) is 19.8 Å². The van der Waals surface area contributed by atoms with Gasteiger partial charge in [0, 0.05) is 11.3 Å². The van der Waals surface area contributed by atoms with Gasteiger partial charge in [0.05, 0.1) is 61.9 Å². The average molecular weight is 626 g/mol. The van der Waals surface area contributed by atoms with Crippen molar-refractivity contribution in [1.29, 1.82) is 0 Å². The normalized spacial score (nSPS) is 44.9. The van der Waals surface area contributed by atoms with Crippen molar-refractivity contribution in [3.05, 3.63) is 0 Å². The minimum absolute atomic E-state index is 0.280. The highest BCUT2D eigenvalue weighted by atomic mass is 16.6. The third-order valence-corrected chi connectivity index (χ3v) is 10.5. The van der Waals surface area contributed by atoms with Crippen molar-refractivity contribution in [3.63, 3.8) is 0 Å². The van der Waals surface area contributed by atoms with E-state index >= 15 is 0 Å². The summed E-state index contributed by atoms with van der Waals surface area (Å²) >= 11 is 0. The number of ether oxygens (including phenoxy) is 4. The summed E-state index contributed by atoms with van der Waals surface area (Å²) in [7, 11) is 0. The molecule has 0 bridgehead atoms. The molecule has 3 rings (SSSR count). The molecule has 15 unspecified atom stereocenters. The first-order chi connectivity index (χ1) is 20.3. The highest BCUT2D eigenvalue weighted by Gasteiger charge is 2.62. The van der Waals surface area contributed by atoms with Gasteiger partial charge in [-0.05, 0) is 25.7 Å². The molecule has 0 aromatic carbocycles. The molecule has 3 aliphatic rings. The van der Waals surface area contributed by atoms with Gasteiger partial charge in [0.1, 0.15) is 42.7 Å². The molecule has 0 aromatic rings. The van der Waals surface area contributed by atoms with Crippen molar-refractivity contribution in [3.8, 4) is 0 Å². The van der Waals surface area contributed by atoms with Gasteiger partial charge in [-0.2, -0.15) is 0 Å². The van der Waals surface area contributed by atoms with E-state index in [0.717, 1.165) is 0 Å². The quantitative estimate of drug-likeness (QED) is 0.0986. The predicted molar refractivity (Wildman–Crippen MR) is 152 cm³/mol. The van der Waals surface area contributed by atoms with E-state index in [-0.39, 0.29) is 12.8 Å². The van der Waals surface area contributed by atoms with Gasteiger partial charge in [-0.15, -0.1) is 0 Å². The minimum atomic E-state index is -1.52. The summed E-state index contributed by atoms with van der Waals surface area (Å²) in [5, 5.41) is 84.5. The highest BCUT2D eigenvalue weighted by Crippen LogP contribution is 2.51. The average Bonchev–Trinajstić information content (AvgIpc) is 3.02.